The highest BCUT2D eigenvalue weighted by molar-refractivity contribution is 7.91. The molecule has 0 aliphatic carbocycles. The molecule has 0 radical (unpaired) electrons. The average Bonchev–Trinajstić information content (AvgIpc) is 2.79. The Bertz CT molecular complexity index is 464. The predicted molar refractivity (Wildman–Crippen MR) is 83.9 cm³/mol. The molecule has 2 saturated heterocycles. The van der Waals surface area contributed by atoms with Crippen molar-refractivity contribution in [3.63, 3.8) is 0 Å². The van der Waals surface area contributed by atoms with Crippen molar-refractivity contribution in [1.29, 1.82) is 0 Å². The van der Waals surface area contributed by atoms with Crippen molar-refractivity contribution < 1.29 is 13.2 Å². The van der Waals surface area contributed by atoms with Gasteiger partial charge in [-0.25, -0.2) is 8.42 Å². The maximum Gasteiger partial charge on any atom is 0.239 e. The van der Waals surface area contributed by atoms with Crippen LogP contribution in [0, 0.1) is 5.92 Å². The zero-order valence-corrected chi connectivity index (χ0v) is 14.0. The minimum atomic E-state index is -2.95. The molecule has 3 unspecified atom stereocenters. The van der Waals surface area contributed by atoms with Crippen molar-refractivity contribution in [2.45, 2.75) is 58.0 Å². The molecule has 0 saturated carbocycles. The smallest absolute Gasteiger partial charge is 0.239 e. The molecule has 6 heteroatoms. The molecule has 3 atom stereocenters. The Kier molecular flexibility index (Phi) is 5.66. The van der Waals surface area contributed by atoms with Gasteiger partial charge in [0.05, 0.1) is 17.5 Å². The number of nitrogens with one attached hydrogen (secondary N) is 1. The van der Waals surface area contributed by atoms with Gasteiger partial charge in [-0.2, -0.15) is 0 Å². The van der Waals surface area contributed by atoms with Crippen LogP contribution in [-0.4, -0.2) is 55.9 Å². The molecular weight excluding hydrogens is 288 g/mol. The summed E-state index contributed by atoms with van der Waals surface area (Å²) in [6.07, 6.45) is 4.51. The topological polar surface area (TPSA) is 66.5 Å². The number of carbonyl (C=O) groups is 1. The summed E-state index contributed by atoms with van der Waals surface area (Å²) in [4.78, 5) is 14.7. The Morgan fingerprint density at radius 1 is 1.33 bits per heavy atom. The van der Waals surface area contributed by atoms with Crippen LogP contribution in [0.3, 0.4) is 0 Å². The second-order valence-corrected chi connectivity index (χ2v) is 8.81. The summed E-state index contributed by atoms with van der Waals surface area (Å²) < 4.78 is 23.4. The first-order valence-corrected chi connectivity index (χ1v) is 9.99. The van der Waals surface area contributed by atoms with Gasteiger partial charge in [-0.15, -0.1) is 0 Å². The second kappa shape index (κ2) is 7.09. The first-order chi connectivity index (χ1) is 9.93. The highest BCUT2D eigenvalue weighted by atomic mass is 32.2. The Morgan fingerprint density at radius 3 is 2.67 bits per heavy atom. The van der Waals surface area contributed by atoms with E-state index in [9.17, 15) is 13.2 Å². The van der Waals surface area contributed by atoms with Crippen molar-refractivity contribution in [1.82, 2.24) is 10.2 Å². The van der Waals surface area contributed by atoms with Crippen LogP contribution in [0.4, 0.5) is 0 Å². The number of sulfone groups is 1. The molecule has 0 aromatic carbocycles. The summed E-state index contributed by atoms with van der Waals surface area (Å²) in [5.74, 6) is 1.03. The lowest BCUT2D eigenvalue weighted by atomic mass is 9.93. The number of hydrogen-bond donors (Lipinski definition) is 1. The minimum absolute atomic E-state index is 0.108. The highest BCUT2D eigenvalue weighted by Crippen LogP contribution is 2.22. The Hall–Kier alpha value is -0.620. The Labute approximate surface area is 128 Å². The van der Waals surface area contributed by atoms with Gasteiger partial charge >= 0.3 is 0 Å². The number of rotatable bonds is 5. The number of unbranched alkanes of at least 4 members (excludes halogenated alkanes) is 1. The van der Waals surface area contributed by atoms with Gasteiger partial charge in [-0.1, -0.05) is 20.3 Å². The van der Waals surface area contributed by atoms with E-state index in [0.29, 0.717) is 18.9 Å². The van der Waals surface area contributed by atoms with Gasteiger partial charge in [0.2, 0.25) is 5.91 Å². The summed E-state index contributed by atoms with van der Waals surface area (Å²) in [5, 5.41) is 3.31. The maximum atomic E-state index is 12.8. The zero-order valence-electron chi connectivity index (χ0n) is 13.2. The summed E-state index contributed by atoms with van der Waals surface area (Å²) >= 11 is 0. The van der Waals surface area contributed by atoms with Crippen LogP contribution in [0.1, 0.15) is 46.0 Å². The first-order valence-electron chi connectivity index (χ1n) is 8.17. The van der Waals surface area contributed by atoms with Gasteiger partial charge in [-0.3, -0.25) is 4.79 Å². The van der Waals surface area contributed by atoms with Crippen LogP contribution in [0.2, 0.25) is 0 Å². The zero-order chi connectivity index (χ0) is 15.5. The fourth-order valence-corrected chi connectivity index (χ4v) is 5.05. The largest absolute Gasteiger partial charge is 0.337 e. The predicted octanol–water partition coefficient (Wildman–Crippen LogP) is 1.19. The number of hydrogen-bond acceptors (Lipinski definition) is 4. The van der Waals surface area contributed by atoms with Gasteiger partial charge in [0, 0.05) is 12.6 Å². The van der Waals surface area contributed by atoms with Gasteiger partial charge in [0.15, 0.2) is 9.84 Å². The third-order valence-corrected chi connectivity index (χ3v) is 6.40. The molecule has 2 aliphatic rings. The molecule has 2 rings (SSSR count). The van der Waals surface area contributed by atoms with E-state index in [1.165, 1.54) is 0 Å². The highest BCUT2D eigenvalue weighted by Gasteiger charge is 2.37. The summed E-state index contributed by atoms with van der Waals surface area (Å²) in [6.45, 7) is 5.83. The Morgan fingerprint density at radius 2 is 2.10 bits per heavy atom. The van der Waals surface area contributed by atoms with Crippen molar-refractivity contribution in [3.8, 4) is 0 Å². The first kappa shape index (κ1) is 16.7. The molecule has 0 aromatic rings. The fourth-order valence-electron chi connectivity index (χ4n) is 3.32. The molecule has 1 amide bonds. The van der Waals surface area contributed by atoms with Crippen molar-refractivity contribution >= 4 is 15.7 Å². The second-order valence-electron chi connectivity index (χ2n) is 6.58. The normalized spacial score (nSPS) is 32.0. The lowest BCUT2D eigenvalue weighted by molar-refractivity contribution is -0.136. The molecule has 122 valence electrons. The average molecular weight is 316 g/mol. The molecule has 2 fully saturated rings. The van der Waals surface area contributed by atoms with Crippen molar-refractivity contribution in [2.75, 3.05) is 24.6 Å². The van der Waals surface area contributed by atoms with E-state index in [1.807, 2.05) is 4.90 Å². The molecular formula is C15H28N2O3S. The molecule has 5 nitrogen and oxygen atoms in total. The van der Waals surface area contributed by atoms with E-state index in [4.69, 9.17) is 0 Å². The maximum absolute atomic E-state index is 12.8. The van der Waals surface area contributed by atoms with Crippen LogP contribution in [0.15, 0.2) is 0 Å². The van der Waals surface area contributed by atoms with E-state index in [0.717, 1.165) is 32.2 Å². The van der Waals surface area contributed by atoms with E-state index in [-0.39, 0.29) is 29.5 Å². The van der Waals surface area contributed by atoms with Gasteiger partial charge in [0.25, 0.3) is 0 Å². The summed E-state index contributed by atoms with van der Waals surface area (Å²) in [5.41, 5.74) is 0. The van der Waals surface area contributed by atoms with Crippen molar-refractivity contribution in [2.24, 2.45) is 5.92 Å². The number of piperidine rings is 1. The molecule has 1 N–H and O–H groups in total. The molecule has 0 bridgehead atoms. The quantitative estimate of drug-likeness (QED) is 0.827. The molecule has 2 heterocycles. The fraction of sp³-hybridized carbons (Fsp3) is 0.933. The van der Waals surface area contributed by atoms with Crippen LogP contribution >= 0.6 is 0 Å². The number of carbonyl (C=O) groups excluding carboxylic acids is 1. The third kappa shape index (κ3) is 4.42. The molecule has 0 aromatic heterocycles. The Balaban J connectivity index is 2.06. The van der Waals surface area contributed by atoms with E-state index in [1.54, 1.807) is 0 Å². The van der Waals surface area contributed by atoms with E-state index < -0.39 is 9.84 Å². The van der Waals surface area contributed by atoms with E-state index in [2.05, 4.69) is 19.2 Å². The molecule has 2 aliphatic heterocycles. The monoisotopic (exact) mass is 316 g/mol. The van der Waals surface area contributed by atoms with Crippen LogP contribution in [0.5, 0.6) is 0 Å². The third-order valence-electron chi connectivity index (χ3n) is 4.65. The van der Waals surface area contributed by atoms with Crippen LogP contribution in [-0.2, 0) is 14.6 Å². The molecule has 21 heavy (non-hydrogen) atoms. The lowest BCUT2D eigenvalue weighted by Gasteiger charge is -2.35. The number of nitrogens with zero attached hydrogens (tertiary/aromatic N) is 1. The summed E-state index contributed by atoms with van der Waals surface area (Å²) in [7, 11) is -2.95. The molecule has 0 spiro atoms. The van der Waals surface area contributed by atoms with Crippen LogP contribution in [0.25, 0.3) is 0 Å². The number of amides is 1. The SMILES string of the molecule is CCCCN(C(=O)C1CC(C)CCN1)C1CCS(=O)(=O)C1. The summed E-state index contributed by atoms with van der Waals surface area (Å²) in [6, 6.07) is -0.248. The lowest BCUT2D eigenvalue weighted by Crippen LogP contribution is -2.53. The van der Waals surface area contributed by atoms with Crippen LogP contribution < -0.4 is 5.32 Å². The van der Waals surface area contributed by atoms with Crippen molar-refractivity contribution in [3.05, 3.63) is 0 Å². The van der Waals surface area contributed by atoms with E-state index >= 15 is 0 Å². The van der Waals surface area contributed by atoms with Gasteiger partial charge < -0.3 is 10.2 Å². The van der Waals surface area contributed by atoms with Gasteiger partial charge in [-0.05, 0) is 38.1 Å². The minimum Gasteiger partial charge on any atom is -0.337 e. The standard InChI is InChI=1S/C15H28N2O3S/c1-3-4-8-17(13-6-9-21(19,20)11-13)15(18)14-10-12(2)5-7-16-14/h12-14,16H,3-11H2,1-2H3. The van der Waals surface area contributed by atoms with Gasteiger partial charge in [0.1, 0.15) is 0 Å².